The molecule has 0 saturated carbocycles. The molecule has 0 saturated heterocycles. The monoisotopic (exact) mass is 505 g/mol. The van der Waals surface area contributed by atoms with Gasteiger partial charge in [-0.3, -0.25) is 0 Å². The highest BCUT2D eigenvalue weighted by atomic mass is 35.5. The van der Waals surface area contributed by atoms with Gasteiger partial charge in [0.1, 0.15) is 5.75 Å². The van der Waals surface area contributed by atoms with E-state index in [1.165, 1.54) is 18.2 Å². The standard InChI is InChI=1S/C22H18ClF6N3O2/c1-3-10-20(2)12-32(19(33)30-14-5-7-15(8-6-14)34-22(27,28)29)31-18(20)13-4-9-16(17(23)11-13)21(24,25)26/h3-9,11H,1,10,12H2,2H3,(H,30,33). The van der Waals surface area contributed by atoms with Crippen molar-refractivity contribution >= 4 is 29.0 Å². The Balaban J connectivity index is 1.84. The van der Waals surface area contributed by atoms with Gasteiger partial charge in [0, 0.05) is 11.1 Å². The fraction of sp³-hybridized carbons (Fsp3) is 0.273. The molecule has 1 unspecified atom stereocenters. The van der Waals surface area contributed by atoms with Crippen molar-refractivity contribution in [2.75, 3.05) is 11.9 Å². The molecule has 0 spiro atoms. The molecule has 0 fully saturated rings. The molecular formula is C22H18ClF6N3O2. The van der Waals surface area contributed by atoms with Gasteiger partial charge in [0.15, 0.2) is 0 Å². The Morgan fingerprint density at radius 3 is 2.38 bits per heavy atom. The summed E-state index contributed by atoms with van der Waals surface area (Å²) in [5.41, 5.74) is -0.925. The first-order valence-electron chi connectivity index (χ1n) is 9.73. The predicted molar refractivity (Wildman–Crippen MR) is 115 cm³/mol. The van der Waals surface area contributed by atoms with E-state index in [-0.39, 0.29) is 12.2 Å². The number of anilines is 1. The van der Waals surface area contributed by atoms with Crippen molar-refractivity contribution in [1.29, 1.82) is 0 Å². The quantitative estimate of drug-likeness (QED) is 0.348. The summed E-state index contributed by atoms with van der Waals surface area (Å²) in [6, 6.07) is 7.05. The minimum atomic E-state index is -4.85. The lowest BCUT2D eigenvalue weighted by atomic mass is 9.79. The molecule has 1 N–H and O–H groups in total. The van der Waals surface area contributed by atoms with Crippen molar-refractivity contribution in [3.63, 3.8) is 0 Å². The number of urea groups is 1. The van der Waals surface area contributed by atoms with Gasteiger partial charge in [-0.05, 0) is 48.4 Å². The van der Waals surface area contributed by atoms with E-state index in [1.54, 1.807) is 13.0 Å². The van der Waals surface area contributed by atoms with E-state index in [9.17, 15) is 31.1 Å². The molecular weight excluding hydrogens is 488 g/mol. The normalized spacial score (nSPS) is 18.5. The van der Waals surface area contributed by atoms with Crippen LogP contribution in [0.2, 0.25) is 5.02 Å². The number of hydrazone groups is 1. The van der Waals surface area contributed by atoms with E-state index in [2.05, 4.69) is 21.7 Å². The summed E-state index contributed by atoms with van der Waals surface area (Å²) in [5, 5.41) is 7.40. The number of hydrogen-bond donors (Lipinski definition) is 1. The molecule has 0 aromatic heterocycles. The highest BCUT2D eigenvalue weighted by Crippen LogP contribution is 2.39. The Hall–Kier alpha value is -3.21. The number of benzene rings is 2. The van der Waals surface area contributed by atoms with Gasteiger partial charge >= 0.3 is 18.6 Å². The first-order valence-corrected chi connectivity index (χ1v) is 10.1. The first kappa shape index (κ1) is 25.4. The number of ether oxygens (including phenoxy) is 1. The van der Waals surface area contributed by atoms with Crippen molar-refractivity contribution in [3.8, 4) is 5.75 Å². The zero-order valence-corrected chi connectivity index (χ0v) is 18.4. The molecule has 2 aromatic rings. The van der Waals surface area contributed by atoms with Gasteiger partial charge in [0.25, 0.3) is 0 Å². The molecule has 0 radical (unpaired) electrons. The second kappa shape index (κ2) is 9.21. The molecule has 1 atom stereocenters. The van der Waals surface area contributed by atoms with Gasteiger partial charge in [-0.25, -0.2) is 9.80 Å². The van der Waals surface area contributed by atoms with Crippen LogP contribution in [0.1, 0.15) is 24.5 Å². The van der Waals surface area contributed by atoms with Crippen LogP contribution in [0.3, 0.4) is 0 Å². The minimum Gasteiger partial charge on any atom is -0.406 e. The van der Waals surface area contributed by atoms with Crippen LogP contribution in [0.15, 0.2) is 60.2 Å². The maximum Gasteiger partial charge on any atom is 0.573 e. The summed E-state index contributed by atoms with van der Waals surface area (Å²) in [6.45, 7) is 5.54. The number of amides is 2. The summed E-state index contributed by atoms with van der Waals surface area (Å²) in [7, 11) is 0. The molecule has 34 heavy (non-hydrogen) atoms. The number of nitrogens with zero attached hydrogens (tertiary/aromatic N) is 2. The summed E-state index contributed by atoms with van der Waals surface area (Å²) in [4.78, 5) is 12.7. The van der Waals surface area contributed by atoms with Gasteiger partial charge in [0.2, 0.25) is 0 Å². The van der Waals surface area contributed by atoms with Gasteiger partial charge in [-0.1, -0.05) is 30.7 Å². The average Bonchev–Trinajstić information content (AvgIpc) is 3.05. The van der Waals surface area contributed by atoms with Crippen molar-refractivity contribution in [2.45, 2.75) is 25.9 Å². The lowest BCUT2D eigenvalue weighted by Gasteiger charge is -2.25. The van der Waals surface area contributed by atoms with Gasteiger partial charge < -0.3 is 10.1 Å². The summed E-state index contributed by atoms with van der Waals surface area (Å²) < 4.78 is 79.8. The molecule has 1 heterocycles. The number of allylic oxidation sites excluding steroid dienone is 1. The number of halogens is 7. The molecule has 2 amide bonds. The van der Waals surface area contributed by atoms with E-state index >= 15 is 0 Å². The fourth-order valence-corrected chi connectivity index (χ4v) is 3.79. The molecule has 0 bridgehead atoms. The maximum absolute atomic E-state index is 13.1. The van der Waals surface area contributed by atoms with Gasteiger partial charge in [-0.2, -0.15) is 18.3 Å². The van der Waals surface area contributed by atoms with Crippen molar-refractivity contribution < 1.29 is 35.9 Å². The molecule has 3 rings (SSSR count). The van der Waals surface area contributed by atoms with Gasteiger partial charge in [-0.15, -0.1) is 19.8 Å². The van der Waals surface area contributed by atoms with E-state index in [1.807, 2.05) is 0 Å². The third-order valence-corrected chi connectivity index (χ3v) is 5.32. The van der Waals surface area contributed by atoms with Crippen LogP contribution in [-0.2, 0) is 6.18 Å². The Morgan fingerprint density at radius 2 is 1.85 bits per heavy atom. The van der Waals surface area contributed by atoms with E-state index in [4.69, 9.17) is 11.6 Å². The number of hydrogen-bond acceptors (Lipinski definition) is 3. The molecule has 1 aliphatic heterocycles. The Labute approximate surface area is 195 Å². The van der Waals surface area contributed by atoms with Crippen LogP contribution in [0.5, 0.6) is 5.75 Å². The number of carbonyl (C=O) groups excluding carboxylic acids is 1. The Bertz CT molecular complexity index is 1120. The number of alkyl halides is 6. The van der Waals surface area contributed by atoms with E-state index < -0.39 is 40.3 Å². The van der Waals surface area contributed by atoms with Crippen molar-refractivity contribution in [1.82, 2.24) is 5.01 Å². The molecule has 2 aromatic carbocycles. The average molecular weight is 506 g/mol. The van der Waals surface area contributed by atoms with Gasteiger partial charge in [0.05, 0.1) is 22.8 Å². The second-order valence-electron chi connectivity index (χ2n) is 7.75. The lowest BCUT2D eigenvalue weighted by Crippen LogP contribution is -2.35. The van der Waals surface area contributed by atoms with Crippen LogP contribution in [0.25, 0.3) is 0 Å². The molecule has 0 aliphatic carbocycles. The zero-order chi connectivity index (χ0) is 25.3. The van der Waals surface area contributed by atoms with Crippen molar-refractivity contribution in [2.24, 2.45) is 10.5 Å². The third-order valence-electron chi connectivity index (χ3n) is 5.01. The van der Waals surface area contributed by atoms with Crippen LogP contribution in [0.4, 0.5) is 36.8 Å². The van der Waals surface area contributed by atoms with E-state index in [0.29, 0.717) is 17.7 Å². The SMILES string of the molecule is C=CCC1(C)CN(C(=O)Nc2ccc(OC(F)(F)F)cc2)N=C1c1ccc(C(F)(F)F)c(Cl)c1. The Kier molecular flexibility index (Phi) is 6.88. The molecule has 182 valence electrons. The predicted octanol–water partition coefficient (Wildman–Crippen LogP) is 7.09. The zero-order valence-electron chi connectivity index (χ0n) is 17.6. The number of rotatable bonds is 5. The van der Waals surface area contributed by atoms with Crippen LogP contribution >= 0.6 is 11.6 Å². The molecule has 5 nitrogen and oxygen atoms in total. The van der Waals surface area contributed by atoms with Crippen LogP contribution in [-0.4, -0.2) is 29.7 Å². The largest absolute Gasteiger partial charge is 0.573 e. The Morgan fingerprint density at radius 1 is 1.21 bits per heavy atom. The topological polar surface area (TPSA) is 53.9 Å². The highest BCUT2D eigenvalue weighted by Gasteiger charge is 2.41. The third kappa shape index (κ3) is 5.82. The number of nitrogens with one attached hydrogen (secondary N) is 1. The lowest BCUT2D eigenvalue weighted by molar-refractivity contribution is -0.274. The smallest absolute Gasteiger partial charge is 0.406 e. The minimum absolute atomic E-state index is 0.0775. The van der Waals surface area contributed by atoms with Crippen molar-refractivity contribution in [3.05, 3.63) is 71.3 Å². The summed E-state index contributed by atoms with van der Waals surface area (Å²) >= 11 is 5.85. The fourth-order valence-electron chi connectivity index (χ4n) is 3.51. The maximum atomic E-state index is 13.1. The molecule has 12 heteroatoms. The number of carbonyl (C=O) groups is 1. The summed E-state index contributed by atoms with van der Waals surface area (Å²) in [5.74, 6) is -0.454. The molecule has 1 aliphatic rings. The second-order valence-corrected chi connectivity index (χ2v) is 8.16. The summed E-state index contributed by atoms with van der Waals surface area (Å²) in [6.07, 6.45) is -7.51. The first-order chi connectivity index (χ1) is 15.7. The highest BCUT2D eigenvalue weighted by molar-refractivity contribution is 6.32. The van der Waals surface area contributed by atoms with Crippen LogP contribution < -0.4 is 10.1 Å². The van der Waals surface area contributed by atoms with Crippen LogP contribution in [0, 0.1) is 5.41 Å². The van der Waals surface area contributed by atoms with E-state index in [0.717, 1.165) is 29.3 Å².